The number of rotatable bonds is 6. The van der Waals surface area contributed by atoms with E-state index in [1.807, 2.05) is 0 Å². The van der Waals surface area contributed by atoms with Crippen LogP contribution in [0.2, 0.25) is 0 Å². The molecule has 9 nitrogen and oxygen atoms in total. The molecule has 5 rings (SSSR count). The highest BCUT2D eigenvalue weighted by Crippen LogP contribution is 2.47. The van der Waals surface area contributed by atoms with Crippen LogP contribution in [0.4, 0.5) is 0 Å². The first-order valence-corrected chi connectivity index (χ1v) is 12.3. The fourth-order valence-electron chi connectivity index (χ4n) is 5.66. The van der Waals surface area contributed by atoms with Crippen LogP contribution in [-0.2, 0) is 28.5 Å². The predicted molar refractivity (Wildman–Crippen MR) is 125 cm³/mol. The standard InChI is InChI=1S/C26H32N2O7/c1-32-18-7-8-19-20(15-18)35-24-21(23(19)29)22(16-3-5-17(6-4-16)26(31)33-2)28(25(24)30)10-9-27-11-13-34-14-12-27/h3-6,18-20,22H,7-15H2,1-2H3. The molecule has 4 unspecified atom stereocenters. The van der Waals surface area contributed by atoms with Crippen molar-refractivity contribution in [3.8, 4) is 0 Å². The minimum Gasteiger partial charge on any atom is -0.483 e. The second-order valence-electron chi connectivity index (χ2n) is 9.51. The third-order valence-corrected chi connectivity index (χ3v) is 7.64. The lowest BCUT2D eigenvalue weighted by atomic mass is 9.76. The Hall–Kier alpha value is -2.75. The molecule has 2 fully saturated rings. The minimum atomic E-state index is -0.543. The van der Waals surface area contributed by atoms with E-state index in [0.29, 0.717) is 50.3 Å². The van der Waals surface area contributed by atoms with Crippen molar-refractivity contribution in [2.75, 3.05) is 53.6 Å². The monoisotopic (exact) mass is 484 g/mol. The SMILES string of the molecule is COC(=O)c1ccc(C2C3=C(OC4CC(OC)CCC4C3=O)C(=O)N2CCN2CCOCC2)cc1. The molecular weight excluding hydrogens is 452 g/mol. The normalized spacial score (nSPS) is 29.0. The topological polar surface area (TPSA) is 94.6 Å². The molecule has 0 N–H and O–H groups in total. The predicted octanol–water partition coefficient (Wildman–Crippen LogP) is 1.73. The number of fused-ring (bicyclic) bond motifs is 1. The molecule has 3 heterocycles. The molecule has 1 aromatic rings. The number of Topliss-reactive ketones (excluding diaryl/α,β-unsaturated/α-hetero) is 1. The smallest absolute Gasteiger partial charge is 0.337 e. The van der Waals surface area contributed by atoms with Gasteiger partial charge in [-0.15, -0.1) is 0 Å². The second-order valence-corrected chi connectivity index (χ2v) is 9.51. The number of morpholine rings is 1. The Kier molecular flexibility index (Phi) is 6.91. The Morgan fingerprint density at radius 2 is 1.80 bits per heavy atom. The molecule has 35 heavy (non-hydrogen) atoms. The zero-order valence-electron chi connectivity index (χ0n) is 20.2. The van der Waals surface area contributed by atoms with Gasteiger partial charge < -0.3 is 23.8 Å². The Balaban J connectivity index is 1.46. The molecule has 0 spiro atoms. The third-order valence-electron chi connectivity index (χ3n) is 7.64. The van der Waals surface area contributed by atoms with Crippen LogP contribution < -0.4 is 0 Å². The minimum absolute atomic E-state index is 0.00456. The molecule has 1 saturated heterocycles. The first kappa shape index (κ1) is 24.0. The van der Waals surface area contributed by atoms with Gasteiger partial charge in [-0.1, -0.05) is 12.1 Å². The van der Waals surface area contributed by atoms with Crippen molar-refractivity contribution in [2.24, 2.45) is 5.92 Å². The van der Waals surface area contributed by atoms with Gasteiger partial charge in [0.1, 0.15) is 6.10 Å². The highest BCUT2D eigenvalue weighted by Gasteiger charge is 2.52. The van der Waals surface area contributed by atoms with Gasteiger partial charge in [0, 0.05) is 39.7 Å². The van der Waals surface area contributed by atoms with Crippen molar-refractivity contribution in [3.05, 3.63) is 46.7 Å². The number of hydrogen-bond acceptors (Lipinski definition) is 8. The zero-order valence-corrected chi connectivity index (χ0v) is 20.2. The summed E-state index contributed by atoms with van der Waals surface area (Å²) in [6.07, 6.45) is 1.76. The second kappa shape index (κ2) is 10.1. The Labute approximate surface area is 204 Å². The van der Waals surface area contributed by atoms with Gasteiger partial charge in [0.05, 0.1) is 49.5 Å². The summed E-state index contributed by atoms with van der Waals surface area (Å²) in [5, 5.41) is 0. The Morgan fingerprint density at radius 3 is 2.49 bits per heavy atom. The average Bonchev–Trinajstić information content (AvgIpc) is 3.18. The number of carbonyl (C=O) groups is 3. The lowest BCUT2D eigenvalue weighted by molar-refractivity contribution is -0.138. The summed E-state index contributed by atoms with van der Waals surface area (Å²) in [6, 6.07) is 6.39. The number of amides is 1. The molecule has 188 valence electrons. The van der Waals surface area contributed by atoms with Crippen LogP contribution in [0, 0.1) is 5.92 Å². The summed E-state index contributed by atoms with van der Waals surface area (Å²) in [4.78, 5) is 43.4. The van der Waals surface area contributed by atoms with Gasteiger partial charge in [0.2, 0.25) is 0 Å². The molecule has 0 radical (unpaired) electrons. The lowest BCUT2D eigenvalue weighted by Gasteiger charge is -2.38. The van der Waals surface area contributed by atoms with Crippen LogP contribution in [0.5, 0.6) is 0 Å². The van der Waals surface area contributed by atoms with Crippen molar-refractivity contribution in [1.29, 1.82) is 0 Å². The maximum Gasteiger partial charge on any atom is 0.337 e. The fourth-order valence-corrected chi connectivity index (χ4v) is 5.66. The summed E-state index contributed by atoms with van der Waals surface area (Å²) >= 11 is 0. The highest BCUT2D eigenvalue weighted by molar-refractivity contribution is 6.11. The molecule has 3 aliphatic heterocycles. The van der Waals surface area contributed by atoms with E-state index in [2.05, 4.69) is 4.90 Å². The van der Waals surface area contributed by atoms with Crippen LogP contribution in [0.1, 0.15) is 41.2 Å². The van der Waals surface area contributed by atoms with Crippen LogP contribution in [0.3, 0.4) is 0 Å². The van der Waals surface area contributed by atoms with E-state index < -0.39 is 12.0 Å². The highest BCUT2D eigenvalue weighted by atomic mass is 16.5. The van der Waals surface area contributed by atoms with Crippen molar-refractivity contribution >= 4 is 17.7 Å². The van der Waals surface area contributed by atoms with E-state index in [-0.39, 0.29) is 35.6 Å². The van der Waals surface area contributed by atoms with Gasteiger partial charge in [-0.25, -0.2) is 4.79 Å². The third kappa shape index (κ3) is 4.48. The number of ether oxygens (including phenoxy) is 4. The molecule has 1 saturated carbocycles. The first-order valence-electron chi connectivity index (χ1n) is 12.3. The largest absolute Gasteiger partial charge is 0.483 e. The summed E-state index contributed by atoms with van der Waals surface area (Å²) in [6.45, 7) is 4.11. The maximum atomic E-state index is 13.8. The van der Waals surface area contributed by atoms with Gasteiger partial charge in [0.25, 0.3) is 5.91 Å². The Morgan fingerprint density at radius 1 is 1.06 bits per heavy atom. The van der Waals surface area contributed by atoms with Crippen LogP contribution in [0.25, 0.3) is 0 Å². The Bertz CT molecular complexity index is 1020. The number of hydrogen-bond donors (Lipinski definition) is 0. The van der Waals surface area contributed by atoms with Gasteiger partial charge in [0.15, 0.2) is 11.5 Å². The van der Waals surface area contributed by atoms with Gasteiger partial charge >= 0.3 is 5.97 Å². The molecule has 4 atom stereocenters. The van der Waals surface area contributed by atoms with Crippen molar-refractivity contribution in [2.45, 2.75) is 37.5 Å². The number of nitrogens with zero attached hydrogens (tertiary/aromatic N) is 2. The van der Waals surface area contributed by atoms with E-state index in [4.69, 9.17) is 18.9 Å². The van der Waals surface area contributed by atoms with E-state index in [9.17, 15) is 14.4 Å². The van der Waals surface area contributed by atoms with Gasteiger partial charge in [-0.05, 0) is 30.5 Å². The summed E-state index contributed by atoms with van der Waals surface area (Å²) < 4.78 is 22.0. The van der Waals surface area contributed by atoms with E-state index in [1.165, 1.54) is 7.11 Å². The van der Waals surface area contributed by atoms with Crippen molar-refractivity contribution in [3.63, 3.8) is 0 Å². The summed E-state index contributed by atoms with van der Waals surface area (Å²) in [5.74, 6) is -0.782. The molecule has 4 aliphatic rings. The van der Waals surface area contributed by atoms with Crippen LogP contribution in [0.15, 0.2) is 35.6 Å². The molecule has 1 amide bonds. The van der Waals surface area contributed by atoms with Crippen LogP contribution >= 0.6 is 0 Å². The molecular formula is C26H32N2O7. The number of ketones is 1. The molecule has 1 aliphatic carbocycles. The molecule has 9 heteroatoms. The van der Waals surface area contributed by atoms with Gasteiger partial charge in [-0.2, -0.15) is 0 Å². The van der Waals surface area contributed by atoms with Crippen molar-refractivity contribution < 1.29 is 33.3 Å². The maximum absolute atomic E-state index is 13.8. The number of carbonyl (C=O) groups excluding carboxylic acids is 3. The number of methoxy groups -OCH3 is 2. The number of esters is 1. The molecule has 0 bridgehead atoms. The average molecular weight is 485 g/mol. The fraction of sp³-hybridized carbons (Fsp3) is 0.577. The lowest BCUT2D eigenvalue weighted by Crippen LogP contribution is -2.43. The summed E-state index contributed by atoms with van der Waals surface area (Å²) in [5.41, 5.74) is 1.64. The quantitative estimate of drug-likeness (QED) is 0.564. The van der Waals surface area contributed by atoms with E-state index in [0.717, 1.165) is 25.1 Å². The molecule has 1 aromatic carbocycles. The van der Waals surface area contributed by atoms with E-state index in [1.54, 1.807) is 36.3 Å². The molecule has 0 aromatic heterocycles. The zero-order chi connectivity index (χ0) is 24.5. The first-order chi connectivity index (χ1) is 17.0. The van der Waals surface area contributed by atoms with E-state index >= 15 is 0 Å². The van der Waals surface area contributed by atoms with Crippen molar-refractivity contribution in [1.82, 2.24) is 9.80 Å². The van der Waals surface area contributed by atoms with Crippen LogP contribution in [-0.4, -0.2) is 93.3 Å². The number of benzene rings is 1. The summed E-state index contributed by atoms with van der Waals surface area (Å²) in [7, 11) is 3.01. The van der Waals surface area contributed by atoms with Gasteiger partial charge in [-0.3, -0.25) is 14.5 Å².